The molecule has 228 valence electrons. The Hall–Kier alpha value is -4.83. The molecule has 1 fully saturated rings. The van der Waals surface area contributed by atoms with E-state index in [1.165, 1.54) is 18.1 Å². The molecule has 44 heavy (non-hydrogen) atoms. The molecule has 1 aliphatic rings. The molecule has 1 heterocycles. The molecule has 4 aromatic carbocycles. The van der Waals surface area contributed by atoms with Crippen molar-refractivity contribution in [2.24, 2.45) is 0 Å². The molecular weight excluding hydrogens is 578 g/mol. The molecule has 9 nitrogen and oxygen atoms in total. The van der Waals surface area contributed by atoms with Gasteiger partial charge in [0.1, 0.15) is 22.5 Å². The van der Waals surface area contributed by atoms with Crippen LogP contribution in [-0.4, -0.2) is 70.4 Å². The van der Waals surface area contributed by atoms with Crippen LogP contribution in [0.15, 0.2) is 95.9 Å². The smallest absolute Gasteiger partial charge is 0.265 e. The second kappa shape index (κ2) is 12.8. The van der Waals surface area contributed by atoms with Crippen molar-refractivity contribution in [3.8, 4) is 22.6 Å². The number of benzene rings is 4. The van der Waals surface area contributed by atoms with Gasteiger partial charge >= 0.3 is 0 Å². The molecule has 0 radical (unpaired) electrons. The van der Waals surface area contributed by atoms with Crippen LogP contribution in [0.3, 0.4) is 0 Å². The average molecular weight is 614 g/mol. The molecule has 4 aromatic rings. The summed E-state index contributed by atoms with van der Waals surface area (Å²) in [6.07, 6.45) is 0.446. The minimum atomic E-state index is -4.08. The number of methoxy groups -OCH3 is 1. The monoisotopic (exact) mass is 613 g/mol. The van der Waals surface area contributed by atoms with E-state index in [1.54, 1.807) is 73.6 Å². The van der Waals surface area contributed by atoms with Crippen molar-refractivity contribution in [1.82, 2.24) is 9.80 Å². The van der Waals surface area contributed by atoms with Crippen LogP contribution in [0.5, 0.6) is 11.5 Å². The van der Waals surface area contributed by atoms with Crippen LogP contribution in [-0.2, 0) is 10.0 Å². The van der Waals surface area contributed by atoms with Gasteiger partial charge in [0, 0.05) is 44.3 Å². The molecule has 10 heteroatoms. The first-order valence-corrected chi connectivity index (χ1v) is 15.7. The third-order valence-corrected chi connectivity index (χ3v) is 8.79. The van der Waals surface area contributed by atoms with E-state index in [4.69, 9.17) is 9.47 Å². The first-order valence-electron chi connectivity index (χ1n) is 14.2. The predicted octanol–water partition coefficient (Wildman–Crippen LogP) is 5.47. The van der Waals surface area contributed by atoms with E-state index in [0.717, 1.165) is 5.56 Å². The number of ether oxygens (including phenoxy) is 2. The van der Waals surface area contributed by atoms with Crippen LogP contribution < -0.4 is 14.2 Å². The maximum atomic E-state index is 13.6. The fourth-order valence-corrected chi connectivity index (χ4v) is 6.41. The van der Waals surface area contributed by atoms with Gasteiger partial charge in [0.15, 0.2) is 0 Å². The number of hydrogen-bond acceptors (Lipinski definition) is 6. The van der Waals surface area contributed by atoms with E-state index in [-0.39, 0.29) is 28.6 Å². The standard InChI is InChI=1S/C34H35N3O6S/c1-23-8-5-10-26(18-23)34(39)37-17-16-30(22-37)43-29-13-7-12-28(21-29)35-44(40,41)32-20-25(14-15-31(32)42-4)24-9-6-11-27(19-24)33(38)36(2)3/h5-15,18-21,30,35H,16-17,22H2,1-4H3/t30-/m0/s1. The van der Waals surface area contributed by atoms with Crippen LogP contribution in [0.2, 0.25) is 0 Å². The van der Waals surface area contributed by atoms with E-state index < -0.39 is 10.0 Å². The number of carbonyl (C=O) groups excluding carboxylic acids is 2. The minimum absolute atomic E-state index is 0.0338. The summed E-state index contributed by atoms with van der Waals surface area (Å²) in [6.45, 7) is 2.97. The molecule has 1 aliphatic heterocycles. The van der Waals surface area contributed by atoms with E-state index >= 15 is 0 Å². The molecular formula is C34H35N3O6S. The van der Waals surface area contributed by atoms with Gasteiger partial charge in [0.05, 0.1) is 19.3 Å². The number of rotatable bonds is 9. The van der Waals surface area contributed by atoms with Crippen molar-refractivity contribution in [2.75, 3.05) is 39.0 Å². The van der Waals surface area contributed by atoms with Crippen LogP contribution >= 0.6 is 0 Å². The van der Waals surface area contributed by atoms with E-state index in [9.17, 15) is 18.0 Å². The molecule has 0 aliphatic carbocycles. The summed E-state index contributed by atoms with van der Waals surface area (Å²) in [4.78, 5) is 28.6. The summed E-state index contributed by atoms with van der Waals surface area (Å²) in [5.41, 5.74) is 3.79. The third kappa shape index (κ3) is 6.86. The highest BCUT2D eigenvalue weighted by molar-refractivity contribution is 7.92. The lowest BCUT2D eigenvalue weighted by Crippen LogP contribution is -2.31. The molecule has 0 unspecified atom stereocenters. The van der Waals surface area contributed by atoms with Crippen LogP contribution in [0, 0.1) is 6.92 Å². The van der Waals surface area contributed by atoms with Crippen LogP contribution in [0.4, 0.5) is 5.69 Å². The van der Waals surface area contributed by atoms with Gasteiger partial charge in [0.25, 0.3) is 21.8 Å². The zero-order valence-corrected chi connectivity index (χ0v) is 25.9. The summed E-state index contributed by atoms with van der Waals surface area (Å²) in [5, 5.41) is 0. The van der Waals surface area contributed by atoms with Crippen molar-refractivity contribution in [3.63, 3.8) is 0 Å². The number of anilines is 1. The predicted molar refractivity (Wildman–Crippen MR) is 170 cm³/mol. The van der Waals surface area contributed by atoms with Crippen LogP contribution in [0.1, 0.15) is 32.7 Å². The Morgan fingerprint density at radius 3 is 2.36 bits per heavy atom. The second-order valence-corrected chi connectivity index (χ2v) is 12.6. The largest absolute Gasteiger partial charge is 0.495 e. The zero-order valence-electron chi connectivity index (χ0n) is 25.1. The average Bonchev–Trinajstić information content (AvgIpc) is 3.48. The summed E-state index contributed by atoms with van der Waals surface area (Å²) in [5.74, 6) is 0.482. The number of sulfonamides is 1. The number of nitrogens with one attached hydrogen (secondary N) is 1. The normalized spacial score (nSPS) is 14.6. The fraction of sp³-hybridized carbons (Fsp3) is 0.235. The van der Waals surface area contributed by atoms with Gasteiger partial charge in [-0.2, -0.15) is 0 Å². The number of amides is 2. The molecule has 2 amide bonds. The van der Waals surface area contributed by atoms with E-state index in [0.29, 0.717) is 53.2 Å². The Bertz CT molecular complexity index is 1800. The van der Waals surface area contributed by atoms with Gasteiger partial charge in [-0.05, 0) is 66.6 Å². The number of carbonyl (C=O) groups is 2. The fourth-order valence-electron chi connectivity index (χ4n) is 5.16. The van der Waals surface area contributed by atoms with Gasteiger partial charge in [0.2, 0.25) is 0 Å². The molecule has 0 aromatic heterocycles. The number of aryl methyl sites for hydroxylation is 1. The quantitative estimate of drug-likeness (QED) is 0.269. The summed E-state index contributed by atoms with van der Waals surface area (Å²) in [7, 11) is 0.678. The molecule has 0 saturated carbocycles. The molecule has 1 saturated heterocycles. The van der Waals surface area contributed by atoms with Crippen molar-refractivity contribution >= 4 is 27.5 Å². The van der Waals surface area contributed by atoms with Gasteiger partial charge in [-0.25, -0.2) is 8.42 Å². The SMILES string of the molecule is COc1ccc(-c2cccc(C(=O)N(C)C)c2)cc1S(=O)(=O)Nc1cccc(O[C@H]2CCN(C(=O)c3cccc(C)c3)C2)c1. The van der Waals surface area contributed by atoms with E-state index in [1.807, 2.05) is 37.3 Å². The lowest BCUT2D eigenvalue weighted by atomic mass is 10.0. The van der Waals surface area contributed by atoms with Gasteiger partial charge < -0.3 is 19.3 Å². The van der Waals surface area contributed by atoms with Crippen molar-refractivity contribution in [1.29, 1.82) is 0 Å². The van der Waals surface area contributed by atoms with Gasteiger partial charge in [-0.3, -0.25) is 14.3 Å². The maximum absolute atomic E-state index is 13.6. The lowest BCUT2D eigenvalue weighted by molar-refractivity contribution is 0.0771. The van der Waals surface area contributed by atoms with E-state index in [2.05, 4.69) is 4.72 Å². The highest BCUT2D eigenvalue weighted by Gasteiger charge is 2.29. The Balaban J connectivity index is 1.31. The van der Waals surface area contributed by atoms with Crippen molar-refractivity contribution in [2.45, 2.75) is 24.3 Å². The Morgan fingerprint density at radius 2 is 1.61 bits per heavy atom. The highest BCUT2D eigenvalue weighted by Crippen LogP contribution is 2.32. The van der Waals surface area contributed by atoms with Crippen molar-refractivity contribution < 1.29 is 27.5 Å². The summed E-state index contributed by atoms with van der Waals surface area (Å²) in [6, 6.07) is 26.1. The van der Waals surface area contributed by atoms with Crippen LogP contribution in [0.25, 0.3) is 11.1 Å². The second-order valence-electron chi connectivity index (χ2n) is 10.9. The molecule has 0 bridgehead atoms. The summed E-state index contributed by atoms with van der Waals surface area (Å²) < 4.78 is 41.4. The first-order chi connectivity index (χ1) is 21.0. The first kappa shape index (κ1) is 30.6. The number of nitrogens with zero attached hydrogens (tertiary/aromatic N) is 2. The highest BCUT2D eigenvalue weighted by atomic mass is 32.2. The zero-order chi connectivity index (χ0) is 31.4. The number of hydrogen-bond donors (Lipinski definition) is 1. The third-order valence-electron chi connectivity index (χ3n) is 7.39. The van der Waals surface area contributed by atoms with Crippen molar-refractivity contribution in [3.05, 3.63) is 108 Å². The Morgan fingerprint density at radius 1 is 0.886 bits per heavy atom. The molecule has 0 spiro atoms. The molecule has 1 N–H and O–H groups in total. The maximum Gasteiger partial charge on any atom is 0.265 e. The van der Waals surface area contributed by atoms with Gasteiger partial charge in [-0.1, -0.05) is 42.0 Å². The molecule has 5 rings (SSSR count). The summed E-state index contributed by atoms with van der Waals surface area (Å²) >= 11 is 0. The number of likely N-dealkylation sites (tertiary alicyclic amines) is 1. The Kier molecular flexibility index (Phi) is 8.91. The Labute approximate surface area is 258 Å². The molecule has 1 atom stereocenters. The minimum Gasteiger partial charge on any atom is -0.495 e. The topological polar surface area (TPSA) is 105 Å². The van der Waals surface area contributed by atoms with Gasteiger partial charge in [-0.15, -0.1) is 0 Å². The lowest BCUT2D eigenvalue weighted by Gasteiger charge is -2.18.